The summed E-state index contributed by atoms with van der Waals surface area (Å²) < 4.78 is 5.01. The molecule has 0 aliphatic heterocycles. The Morgan fingerprint density at radius 3 is 2.53 bits per heavy atom. The first kappa shape index (κ1) is 25.7. The highest BCUT2D eigenvalue weighted by Gasteiger charge is 2.20. The number of anilines is 4. The molecule has 3 rings (SSSR count). The van der Waals surface area contributed by atoms with Gasteiger partial charge in [0, 0.05) is 44.5 Å². The van der Waals surface area contributed by atoms with Crippen LogP contribution in [0.4, 0.5) is 23.5 Å². The molecule has 0 radical (unpaired) electrons. The third-order valence-corrected chi connectivity index (χ3v) is 5.70. The zero-order valence-electron chi connectivity index (χ0n) is 21.4. The normalized spacial score (nSPS) is 14.2. The lowest BCUT2D eigenvalue weighted by atomic mass is 9.96. The van der Waals surface area contributed by atoms with Crippen molar-refractivity contribution in [1.82, 2.24) is 20.3 Å². The van der Waals surface area contributed by atoms with E-state index in [1.54, 1.807) is 7.11 Å². The van der Waals surface area contributed by atoms with Crippen LogP contribution in [0.15, 0.2) is 18.2 Å². The van der Waals surface area contributed by atoms with Crippen LogP contribution in [0.1, 0.15) is 62.4 Å². The molecule has 1 fully saturated rings. The minimum atomic E-state index is -0.148. The summed E-state index contributed by atoms with van der Waals surface area (Å²) >= 11 is 0. The molecule has 9 nitrogen and oxygen atoms in total. The van der Waals surface area contributed by atoms with E-state index in [0.29, 0.717) is 42.6 Å². The first-order chi connectivity index (χ1) is 16.1. The highest BCUT2D eigenvalue weighted by atomic mass is 16.5. The standard InChI is InChI=1S/C25H39N7O2/c1-17-11-12-18(21(33)26-13-14-34-6)15-20(17)28-23-29-22(27-19-9-7-8-10-19)30-24(31-23)32(5)16-25(2,3)4/h11-12,15,19H,7-10,13-14,16H2,1-6H3,(H,26,33)(H2,27,28,29,30,31). The van der Waals surface area contributed by atoms with E-state index in [1.165, 1.54) is 12.8 Å². The van der Waals surface area contributed by atoms with E-state index in [-0.39, 0.29) is 11.3 Å². The van der Waals surface area contributed by atoms with Gasteiger partial charge in [0.2, 0.25) is 17.8 Å². The van der Waals surface area contributed by atoms with Crippen LogP contribution in [0.25, 0.3) is 0 Å². The quantitative estimate of drug-likeness (QED) is 0.446. The van der Waals surface area contributed by atoms with Gasteiger partial charge in [-0.1, -0.05) is 39.7 Å². The lowest BCUT2D eigenvalue weighted by Crippen LogP contribution is -2.31. The SMILES string of the molecule is COCCNC(=O)c1ccc(C)c(Nc2nc(NC3CCCC3)nc(N(C)CC(C)(C)C)n2)c1. The van der Waals surface area contributed by atoms with E-state index in [4.69, 9.17) is 14.7 Å². The lowest BCUT2D eigenvalue weighted by Gasteiger charge is -2.27. The first-order valence-electron chi connectivity index (χ1n) is 12.0. The number of hydrogen-bond acceptors (Lipinski definition) is 8. The molecule has 1 heterocycles. The number of nitrogens with one attached hydrogen (secondary N) is 3. The van der Waals surface area contributed by atoms with Crippen LogP contribution in [0, 0.1) is 12.3 Å². The van der Waals surface area contributed by atoms with Crippen molar-refractivity contribution in [2.75, 3.05) is 49.4 Å². The van der Waals surface area contributed by atoms with Gasteiger partial charge in [-0.2, -0.15) is 15.0 Å². The fourth-order valence-electron chi connectivity index (χ4n) is 4.08. The molecular weight excluding hydrogens is 430 g/mol. The molecule has 0 spiro atoms. The van der Waals surface area contributed by atoms with Gasteiger partial charge in [-0.3, -0.25) is 4.79 Å². The number of benzene rings is 1. The van der Waals surface area contributed by atoms with Crippen molar-refractivity contribution in [3.63, 3.8) is 0 Å². The molecule has 0 atom stereocenters. The predicted molar refractivity (Wildman–Crippen MR) is 137 cm³/mol. The number of carbonyl (C=O) groups excluding carboxylic acids is 1. The molecule has 1 aromatic carbocycles. The molecule has 9 heteroatoms. The monoisotopic (exact) mass is 469 g/mol. The van der Waals surface area contributed by atoms with Crippen LogP contribution in [0.5, 0.6) is 0 Å². The maximum atomic E-state index is 12.5. The van der Waals surface area contributed by atoms with Gasteiger partial charge < -0.3 is 25.6 Å². The summed E-state index contributed by atoms with van der Waals surface area (Å²) in [5.41, 5.74) is 2.42. The second-order valence-corrected chi connectivity index (χ2v) is 10.2. The van der Waals surface area contributed by atoms with Gasteiger partial charge in [-0.25, -0.2) is 0 Å². The minimum Gasteiger partial charge on any atom is -0.383 e. The molecule has 0 unspecified atom stereocenters. The number of nitrogens with zero attached hydrogens (tertiary/aromatic N) is 4. The first-order valence-corrected chi connectivity index (χ1v) is 12.0. The Morgan fingerprint density at radius 1 is 1.15 bits per heavy atom. The Kier molecular flexibility index (Phi) is 8.66. The summed E-state index contributed by atoms with van der Waals surface area (Å²) in [7, 11) is 3.61. The van der Waals surface area contributed by atoms with E-state index < -0.39 is 0 Å². The fourth-order valence-corrected chi connectivity index (χ4v) is 4.08. The van der Waals surface area contributed by atoms with Crippen LogP contribution in [0.2, 0.25) is 0 Å². The average Bonchev–Trinajstić information content (AvgIpc) is 3.27. The summed E-state index contributed by atoms with van der Waals surface area (Å²) in [4.78, 5) is 28.6. The number of hydrogen-bond donors (Lipinski definition) is 3. The largest absolute Gasteiger partial charge is 0.383 e. The molecule has 1 amide bonds. The smallest absolute Gasteiger partial charge is 0.251 e. The van der Waals surface area contributed by atoms with E-state index in [2.05, 4.69) is 46.6 Å². The summed E-state index contributed by atoms with van der Waals surface area (Å²) in [5, 5.41) is 9.67. The number of rotatable bonds is 10. The van der Waals surface area contributed by atoms with E-state index in [1.807, 2.05) is 32.2 Å². The summed E-state index contributed by atoms with van der Waals surface area (Å²) in [5.74, 6) is 1.49. The highest BCUT2D eigenvalue weighted by Crippen LogP contribution is 2.26. The second kappa shape index (κ2) is 11.5. The van der Waals surface area contributed by atoms with Gasteiger partial charge in [0.05, 0.1) is 6.61 Å². The Balaban J connectivity index is 1.86. The van der Waals surface area contributed by atoms with Crippen molar-refractivity contribution >= 4 is 29.4 Å². The Bertz CT molecular complexity index is 968. The summed E-state index contributed by atoms with van der Waals surface area (Å²) in [6, 6.07) is 5.94. The van der Waals surface area contributed by atoms with Crippen LogP contribution in [-0.2, 0) is 4.74 Å². The Morgan fingerprint density at radius 2 is 1.85 bits per heavy atom. The second-order valence-electron chi connectivity index (χ2n) is 10.2. The van der Waals surface area contributed by atoms with E-state index in [9.17, 15) is 4.79 Å². The highest BCUT2D eigenvalue weighted by molar-refractivity contribution is 5.95. The van der Waals surface area contributed by atoms with Crippen LogP contribution in [-0.4, -0.2) is 60.8 Å². The van der Waals surface area contributed by atoms with Gasteiger partial charge in [0.25, 0.3) is 5.91 Å². The van der Waals surface area contributed by atoms with Crippen LogP contribution < -0.4 is 20.9 Å². The van der Waals surface area contributed by atoms with Crippen molar-refractivity contribution in [2.24, 2.45) is 5.41 Å². The van der Waals surface area contributed by atoms with Crippen LogP contribution in [0.3, 0.4) is 0 Å². The molecule has 1 aliphatic rings. The molecule has 186 valence electrons. The maximum absolute atomic E-state index is 12.5. The van der Waals surface area contributed by atoms with Gasteiger partial charge in [0.1, 0.15) is 0 Å². The van der Waals surface area contributed by atoms with Crippen molar-refractivity contribution in [3.8, 4) is 0 Å². The molecule has 3 N–H and O–H groups in total. The molecule has 1 aliphatic carbocycles. The number of aromatic nitrogens is 3. The van der Waals surface area contributed by atoms with Crippen molar-refractivity contribution in [3.05, 3.63) is 29.3 Å². The molecule has 0 saturated heterocycles. The Hall–Kier alpha value is -2.94. The van der Waals surface area contributed by atoms with E-state index in [0.717, 1.165) is 30.6 Å². The average molecular weight is 470 g/mol. The summed E-state index contributed by atoms with van der Waals surface area (Å²) in [6.45, 7) is 10.3. The third kappa shape index (κ3) is 7.55. The van der Waals surface area contributed by atoms with Crippen molar-refractivity contribution in [2.45, 2.75) is 59.4 Å². The van der Waals surface area contributed by atoms with Gasteiger partial charge in [-0.05, 0) is 42.9 Å². The zero-order valence-corrected chi connectivity index (χ0v) is 21.4. The molecule has 34 heavy (non-hydrogen) atoms. The van der Waals surface area contributed by atoms with Crippen molar-refractivity contribution in [1.29, 1.82) is 0 Å². The van der Waals surface area contributed by atoms with Gasteiger partial charge in [-0.15, -0.1) is 0 Å². The number of amides is 1. The Labute approximate surface area is 203 Å². The summed E-state index contributed by atoms with van der Waals surface area (Å²) in [6.07, 6.45) is 4.70. The van der Waals surface area contributed by atoms with Crippen LogP contribution >= 0.6 is 0 Å². The number of methoxy groups -OCH3 is 1. The number of carbonyl (C=O) groups is 1. The predicted octanol–water partition coefficient (Wildman–Crippen LogP) is 4.14. The minimum absolute atomic E-state index is 0.0924. The molecule has 1 saturated carbocycles. The molecular formula is C25H39N7O2. The van der Waals surface area contributed by atoms with Gasteiger partial charge in [0.15, 0.2) is 0 Å². The van der Waals surface area contributed by atoms with Crippen molar-refractivity contribution < 1.29 is 9.53 Å². The molecule has 2 aromatic rings. The lowest BCUT2D eigenvalue weighted by molar-refractivity contribution is 0.0937. The molecule has 1 aromatic heterocycles. The fraction of sp³-hybridized carbons (Fsp3) is 0.600. The topological polar surface area (TPSA) is 104 Å². The third-order valence-electron chi connectivity index (χ3n) is 5.70. The van der Waals surface area contributed by atoms with E-state index >= 15 is 0 Å². The molecule has 0 bridgehead atoms. The zero-order chi connectivity index (χ0) is 24.7. The van der Waals surface area contributed by atoms with Gasteiger partial charge >= 0.3 is 0 Å². The maximum Gasteiger partial charge on any atom is 0.251 e. The number of ether oxygens (including phenoxy) is 1. The number of aryl methyl sites for hydroxylation is 1.